The Morgan fingerprint density at radius 3 is 2.87 bits per heavy atom. The Balaban J connectivity index is 2.44. The van der Waals surface area contributed by atoms with Crippen LogP contribution in [0.15, 0.2) is 0 Å². The first-order valence-electron chi connectivity index (χ1n) is 5.56. The van der Waals surface area contributed by atoms with E-state index in [1.165, 1.54) is 0 Å². The highest BCUT2D eigenvalue weighted by Gasteiger charge is 2.32. The van der Waals surface area contributed by atoms with E-state index in [2.05, 4.69) is 0 Å². The Bertz CT molecular complexity index is 205. The lowest BCUT2D eigenvalue weighted by Crippen LogP contribution is -2.36. The summed E-state index contributed by atoms with van der Waals surface area (Å²) in [4.78, 5) is 11.3. The van der Waals surface area contributed by atoms with Crippen LogP contribution in [0.25, 0.3) is 0 Å². The number of carbonyl (C=O) groups is 1. The van der Waals surface area contributed by atoms with E-state index < -0.39 is 12.1 Å². The summed E-state index contributed by atoms with van der Waals surface area (Å²) in [6, 6.07) is 0. The molecule has 0 saturated heterocycles. The van der Waals surface area contributed by atoms with Crippen LogP contribution in [0.1, 0.15) is 32.6 Å². The van der Waals surface area contributed by atoms with E-state index in [4.69, 9.17) is 9.47 Å². The van der Waals surface area contributed by atoms with Gasteiger partial charge in [0.2, 0.25) is 0 Å². The summed E-state index contributed by atoms with van der Waals surface area (Å²) in [5.41, 5.74) is 0. The van der Waals surface area contributed by atoms with Gasteiger partial charge in [0.25, 0.3) is 0 Å². The summed E-state index contributed by atoms with van der Waals surface area (Å²) in [5.74, 6) is -0.512. The topological polar surface area (TPSA) is 55.8 Å². The van der Waals surface area contributed by atoms with Crippen molar-refractivity contribution >= 4 is 5.97 Å². The number of aliphatic hydroxyl groups excluding tert-OH is 1. The third-order valence-electron chi connectivity index (χ3n) is 2.97. The molecule has 0 radical (unpaired) electrons. The van der Waals surface area contributed by atoms with Crippen molar-refractivity contribution in [3.8, 4) is 0 Å². The highest BCUT2D eigenvalue weighted by molar-refractivity contribution is 5.74. The Morgan fingerprint density at radius 2 is 2.27 bits per heavy atom. The van der Waals surface area contributed by atoms with Crippen molar-refractivity contribution in [1.29, 1.82) is 0 Å². The molecule has 0 aliphatic heterocycles. The number of esters is 1. The Morgan fingerprint density at radius 1 is 1.53 bits per heavy atom. The molecule has 1 fully saturated rings. The lowest BCUT2D eigenvalue weighted by molar-refractivity contribution is -0.157. The molecule has 4 nitrogen and oxygen atoms in total. The minimum Gasteiger partial charge on any atom is -0.464 e. The molecule has 4 heteroatoms. The second kappa shape index (κ2) is 6.08. The van der Waals surface area contributed by atoms with Crippen LogP contribution in [0.2, 0.25) is 0 Å². The van der Waals surface area contributed by atoms with E-state index in [0.717, 1.165) is 25.7 Å². The van der Waals surface area contributed by atoms with Gasteiger partial charge in [0.15, 0.2) is 6.10 Å². The van der Waals surface area contributed by atoms with E-state index in [-0.39, 0.29) is 12.0 Å². The van der Waals surface area contributed by atoms with E-state index in [1.807, 2.05) is 0 Å². The van der Waals surface area contributed by atoms with Crippen molar-refractivity contribution in [3.05, 3.63) is 0 Å². The fraction of sp³-hybridized carbons (Fsp3) is 0.909. The van der Waals surface area contributed by atoms with Crippen molar-refractivity contribution in [3.63, 3.8) is 0 Å². The van der Waals surface area contributed by atoms with Gasteiger partial charge in [-0.3, -0.25) is 0 Å². The number of aliphatic hydroxyl groups is 1. The molecule has 1 rings (SSSR count). The molecular weight excluding hydrogens is 196 g/mol. The molecule has 1 aliphatic carbocycles. The number of methoxy groups -OCH3 is 1. The zero-order valence-electron chi connectivity index (χ0n) is 9.44. The van der Waals surface area contributed by atoms with Crippen molar-refractivity contribution in [2.75, 3.05) is 13.7 Å². The number of carbonyl (C=O) groups excluding carboxylic acids is 1. The predicted octanol–water partition coefficient (Wildman–Crippen LogP) is 1.12. The second-order valence-electron chi connectivity index (χ2n) is 3.98. The van der Waals surface area contributed by atoms with Gasteiger partial charge in [0.05, 0.1) is 12.7 Å². The number of ether oxygens (including phenoxy) is 2. The maximum Gasteiger partial charge on any atom is 0.335 e. The maximum atomic E-state index is 11.3. The number of hydrogen-bond acceptors (Lipinski definition) is 4. The molecule has 0 amide bonds. The van der Waals surface area contributed by atoms with Crippen LogP contribution in [-0.2, 0) is 14.3 Å². The van der Waals surface area contributed by atoms with Crippen LogP contribution in [0.3, 0.4) is 0 Å². The molecule has 1 saturated carbocycles. The van der Waals surface area contributed by atoms with Gasteiger partial charge < -0.3 is 14.6 Å². The first kappa shape index (κ1) is 12.5. The van der Waals surface area contributed by atoms with E-state index >= 15 is 0 Å². The normalized spacial score (nSPS) is 28.5. The first-order valence-corrected chi connectivity index (χ1v) is 5.56. The number of hydrogen-bond donors (Lipinski definition) is 1. The Hall–Kier alpha value is -0.610. The fourth-order valence-corrected chi connectivity index (χ4v) is 2.10. The van der Waals surface area contributed by atoms with E-state index in [9.17, 15) is 9.90 Å². The van der Waals surface area contributed by atoms with Crippen LogP contribution >= 0.6 is 0 Å². The molecule has 0 heterocycles. The summed E-state index contributed by atoms with van der Waals surface area (Å²) < 4.78 is 10.0. The molecule has 0 spiro atoms. The highest BCUT2D eigenvalue weighted by Crippen LogP contribution is 2.28. The van der Waals surface area contributed by atoms with Gasteiger partial charge in [0, 0.05) is 7.11 Å². The fourth-order valence-electron chi connectivity index (χ4n) is 2.10. The minimum atomic E-state index is -0.983. The van der Waals surface area contributed by atoms with Crippen molar-refractivity contribution < 1.29 is 19.4 Å². The summed E-state index contributed by atoms with van der Waals surface area (Å²) in [5, 5.41) is 9.76. The largest absolute Gasteiger partial charge is 0.464 e. The van der Waals surface area contributed by atoms with Gasteiger partial charge >= 0.3 is 5.97 Å². The molecular formula is C11H20O4. The second-order valence-corrected chi connectivity index (χ2v) is 3.98. The zero-order valence-corrected chi connectivity index (χ0v) is 9.44. The van der Waals surface area contributed by atoms with E-state index in [0.29, 0.717) is 6.61 Å². The van der Waals surface area contributed by atoms with Crippen LogP contribution in [0, 0.1) is 5.92 Å². The lowest BCUT2D eigenvalue weighted by Gasteiger charge is -2.30. The lowest BCUT2D eigenvalue weighted by atomic mass is 9.83. The highest BCUT2D eigenvalue weighted by atomic mass is 16.5. The van der Waals surface area contributed by atoms with Gasteiger partial charge in [-0.2, -0.15) is 0 Å². The zero-order chi connectivity index (χ0) is 11.3. The monoisotopic (exact) mass is 216 g/mol. The van der Waals surface area contributed by atoms with Crippen molar-refractivity contribution in [2.24, 2.45) is 5.92 Å². The molecule has 3 unspecified atom stereocenters. The quantitative estimate of drug-likeness (QED) is 0.715. The van der Waals surface area contributed by atoms with E-state index in [1.54, 1.807) is 14.0 Å². The molecule has 88 valence electrons. The van der Waals surface area contributed by atoms with Crippen molar-refractivity contribution in [2.45, 2.75) is 44.8 Å². The summed E-state index contributed by atoms with van der Waals surface area (Å²) in [6.45, 7) is 2.06. The van der Waals surface area contributed by atoms with Crippen molar-refractivity contribution in [1.82, 2.24) is 0 Å². The van der Waals surface area contributed by atoms with Gasteiger partial charge in [-0.1, -0.05) is 6.42 Å². The molecule has 0 aromatic rings. The van der Waals surface area contributed by atoms with Gasteiger partial charge in [-0.05, 0) is 32.1 Å². The van der Waals surface area contributed by atoms with Crippen LogP contribution in [0.5, 0.6) is 0 Å². The average Bonchev–Trinajstić information content (AvgIpc) is 2.28. The first-order chi connectivity index (χ1) is 7.19. The molecule has 1 aliphatic rings. The minimum absolute atomic E-state index is 0.0113. The summed E-state index contributed by atoms with van der Waals surface area (Å²) >= 11 is 0. The van der Waals surface area contributed by atoms with Gasteiger partial charge in [-0.25, -0.2) is 4.79 Å². The molecule has 3 atom stereocenters. The van der Waals surface area contributed by atoms with Crippen LogP contribution in [0.4, 0.5) is 0 Å². The molecule has 0 aromatic carbocycles. The number of rotatable bonds is 4. The summed E-state index contributed by atoms with van der Waals surface area (Å²) in [7, 11) is 1.67. The maximum absolute atomic E-state index is 11.3. The molecule has 1 N–H and O–H groups in total. The smallest absolute Gasteiger partial charge is 0.335 e. The van der Waals surface area contributed by atoms with Crippen LogP contribution in [-0.4, -0.2) is 37.0 Å². The Kier molecular flexibility index (Phi) is 5.05. The Labute approximate surface area is 90.6 Å². The van der Waals surface area contributed by atoms with Crippen LogP contribution < -0.4 is 0 Å². The standard InChI is InChI=1S/C11H20O4/c1-3-15-11(13)10(12)8-5-4-6-9(7-8)14-2/h8-10,12H,3-7H2,1-2H3. The molecule has 0 aromatic heterocycles. The molecule has 0 bridgehead atoms. The summed E-state index contributed by atoms with van der Waals surface area (Å²) in [6.07, 6.45) is 2.83. The van der Waals surface area contributed by atoms with Gasteiger partial charge in [-0.15, -0.1) is 0 Å². The molecule has 15 heavy (non-hydrogen) atoms. The SMILES string of the molecule is CCOC(=O)C(O)C1CCCC(OC)C1. The predicted molar refractivity (Wildman–Crippen MR) is 55.4 cm³/mol. The third-order valence-corrected chi connectivity index (χ3v) is 2.97. The average molecular weight is 216 g/mol. The third kappa shape index (κ3) is 3.47. The van der Waals surface area contributed by atoms with Gasteiger partial charge in [0.1, 0.15) is 0 Å².